The summed E-state index contributed by atoms with van der Waals surface area (Å²) in [6.45, 7) is 19.4. The summed E-state index contributed by atoms with van der Waals surface area (Å²) in [5, 5.41) is 1.96. The van der Waals surface area contributed by atoms with E-state index in [0.717, 1.165) is 33.2 Å². The Morgan fingerprint density at radius 3 is 2.29 bits per heavy atom. The second-order valence-electron chi connectivity index (χ2n) is 5.03. The molecule has 0 unspecified atom stereocenters. The molecule has 1 rings (SSSR count). The van der Waals surface area contributed by atoms with Crippen molar-refractivity contribution in [2.24, 2.45) is 0 Å². The minimum absolute atomic E-state index is 0.402. The predicted molar refractivity (Wildman–Crippen MR) is 104 cm³/mol. The van der Waals surface area contributed by atoms with Gasteiger partial charge >= 0.3 is 0 Å². The van der Waals surface area contributed by atoms with Crippen molar-refractivity contribution in [3.8, 4) is 0 Å². The summed E-state index contributed by atoms with van der Waals surface area (Å²) < 4.78 is 5.80. The molecule has 124 valence electrons. The normalized spacial score (nSPS) is 12.5. The van der Waals surface area contributed by atoms with Crippen molar-refractivity contribution in [2.75, 3.05) is 0 Å². The van der Waals surface area contributed by atoms with Crippen molar-refractivity contribution in [3.05, 3.63) is 102 Å². The third-order valence-electron chi connectivity index (χ3n) is 3.39. The topological polar surface area (TPSA) is 22.1 Å². The molecule has 0 fully saturated rings. The number of aromatic nitrogens is 1. The van der Waals surface area contributed by atoms with Crippen LogP contribution in [0.25, 0.3) is 12.2 Å². The van der Waals surface area contributed by atoms with Gasteiger partial charge in [0, 0.05) is 0 Å². The van der Waals surface area contributed by atoms with Crippen molar-refractivity contribution in [1.82, 2.24) is 4.98 Å². The fourth-order valence-corrected chi connectivity index (χ4v) is 2.13. The number of ether oxygens (including phenoxy) is 1. The molecule has 0 saturated heterocycles. The van der Waals surface area contributed by atoms with E-state index in [-0.39, 0.29) is 0 Å². The van der Waals surface area contributed by atoms with E-state index in [0.29, 0.717) is 6.61 Å². The van der Waals surface area contributed by atoms with Crippen LogP contribution in [0.2, 0.25) is 0 Å². The molecule has 0 spiro atoms. The first-order chi connectivity index (χ1) is 11.6. The minimum Gasteiger partial charge on any atom is -0.492 e. The lowest BCUT2D eigenvalue weighted by Crippen LogP contribution is -2.28. The van der Waals surface area contributed by atoms with Gasteiger partial charge in [0.2, 0.25) is 0 Å². The van der Waals surface area contributed by atoms with Crippen molar-refractivity contribution < 1.29 is 4.74 Å². The van der Waals surface area contributed by atoms with Crippen LogP contribution >= 0.6 is 0 Å². The molecule has 0 aliphatic rings. The van der Waals surface area contributed by atoms with E-state index < -0.39 is 0 Å². The summed E-state index contributed by atoms with van der Waals surface area (Å²) in [6, 6.07) is 3.98. The quantitative estimate of drug-likeness (QED) is 0.531. The van der Waals surface area contributed by atoms with Crippen LogP contribution < -0.4 is 10.6 Å². The van der Waals surface area contributed by atoms with Crippen LogP contribution in [0.1, 0.15) is 19.5 Å². The minimum atomic E-state index is 0.402. The molecule has 1 aromatic rings. The molecule has 0 atom stereocenters. The maximum Gasteiger partial charge on any atom is 0.130 e. The lowest BCUT2D eigenvalue weighted by atomic mass is 10.1. The van der Waals surface area contributed by atoms with E-state index in [9.17, 15) is 0 Å². The largest absolute Gasteiger partial charge is 0.492 e. The summed E-state index contributed by atoms with van der Waals surface area (Å²) in [6.07, 6.45) is 12.8. The average molecular weight is 319 g/mol. The summed E-state index contributed by atoms with van der Waals surface area (Å²) in [4.78, 5) is 4.60. The highest BCUT2D eigenvalue weighted by molar-refractivity contribution is 5.45. The second-order valence-corrected chi connectivity index (χ2v) is 5.03. The highest BCUT2D eigenvalue weighted by atomic mass is 16.5. The van der Waals surface area contributed by atoms with Crippen molar-refractivity contribution in [1.29, 1.82) is 0 Å². The molecule has 0 aliphatic carbocycles. The zero-order valence-corrected chi connectivity index (χ0v) is 14.6. The molecular weight excluding hydrogens is 294 g/mol. The number of rotatable bonds is 8. The van der Waals surface area contributed by atoms with Gasteiger partial charge in [0.05, 0.1) is 16.8 Å². The van der Waals surface area contributed by atoms with Crippen LogP contribution in [0.3, 0.4) is 0 Å². The van der Waals surface area contributed by atoms with Crippen molar-refractivity contribution in [3.63, 3.8) is 0 Å². The standard InChI is InChI=1S/C22H25NO/c1-7-12-20-13-14-21(23-22(20)11-5)16-24-17(6)15-19(10-4)18(8-2)9-3/h7-15H,1-4,16H2,5-6H3/b17-15+,20-12-,22-11+. The van der Waals surface area contributed by atoms with Crippen LogP contribution in [0.4, 0.5) is 0 Å². The fourth-order valence-electron chi connectivity index (χ4n) is 2.13. The Balaban J connectivity index is 2.99. The number of hydrogen-bond acceptors (Lipinski definition) is 2. The van der Waals surface area contributed by atoms with E-state index >= 15 is 0 Å². The first-order valence-electron chi connectivity index (χ1n) is 7.77. The number of pyridine rings is 1. The van der Waals surface area contributed by atoms with Crippen LogP contribution in [0, 0.1) is 0 Å². The van der Waals surface area contributed by atoms with E-state index in [1.54, 1.807) is 24.3 Å². The zero-order valence-electron chi connectivity index (χ0n) is 14.6. The SMILES string of the molecule is C=C/C=c1/ccc(CO/C(C)=C/C(C=C)=C(C=C)C=C)n/c1=C/C. The Kier molecular flexibility index (Phi) is 8.00. The molecule has 2 heteroatoms. The van der Waals surface area contributed by atoms with Gasteiger partial charge in [-0.3, -0.25) is 0 Å². The van der Waals surface area contributed by atoms with Crippen LogP contribution in [-0.4, -0.2) is 4.98 Å². The molecule has 0 aliphatic heterocycles. The Hall–Kier alpha value is -2.87. The number of allylic oxidation sites excluding steroid dienone is 8. The summed E-state index contributed by atoms with van der Waals surface area (Å²) >= 11 is 0. The van der Waals surface area contributed by atoms with Crippen LogP contribution in [-0.2, 0) is 11.3 Å². The molecular formula is C22H25NO. The van der Waals surface area contributed by atoms with Gasteiger partial charge in [0.25, 0.3) is 0 Å². The molecule has 0 amide bonds. The molecule has 24 heavy (non-hydrogen) atoms. The molecule has 1 heterocycles. The van der Waals surface area contributed by atoms with E-state index in [2.05, 4.69) is 31.3 Å². The maximum absolute atomic E-state index is 5.80. The average Bonchev–Trinajstić information content (AvgIpc) is 2.61. The van der Waals surface area contributed by atoms with E-state index in [4.69, 9.17) is 4.74 Å². The molecule has 0 radical (unpaired) electrons. The Labute approximate surface area is 144 Å². The second kappa shape index (κ2) is 10.0. The lowest BCUT2D eigenvalue weighted by Gasteiger charge is -2.08. The Bertz CT molecular complexity index is 797. The highest BCUT2D eigenvalue weighted by Crippen LogP contribution is 2.13. The molecule has 2 nitrogen and oxygen atoms in total. The van der Waals surface area contributed by atoms with Gasteiger partial charge in [0.15, 0.2) is 0 Å². The highest BCUT2D eigenvalue weighted by Gasteiger charge is 1.99. The van der Waals surface area contributed by atoms with Gasteiger partial charge in [-0.25, -0.2) is 4.98 Å². The summed E-state index contributed by atoms with van der Waals surface area (Å²) in [5.74, 6) is 0.775. The van der Waals surface area contributed by atoms with E-state index in [1.165, 1.54) is 0 Å². The third kappa shape index (κ3) is 5.40. The monoisotopic (exact) mass is 319 g/mol. The fraction of sp³-hybridized carbons (Fsp3) is 0.136. The van der Waals surface area contributed by atoms with Gasteiger partial charge in [-0.15, -0.1) is 0 Å². The summed E-state index contributed by atoms with van der Waals surface area (Å²) in [5.41, 5.74) is 2.70. The van der Waals surface area contributed by atoms with Gasteiger partial charge in [-0.05, 0) is 42.4 Å². The first kappa shape index (κ1) is 19.2. The van der Waals surface area contributed by atoms with Gasteiger partial charge in [-0.2, -0.15) is 0 Å². The molecule has 0 saturated carbocycles. The Morgan fingerprint density at radius 2 is 1.75 bits per heavy atom. The number of hydrogen-bond donors (Lipinski definition) is 0. The van der Waals surface area contributed by atoms with E-state index in [1.807, 2.05) is 44.2 Å². The van der Waals surface area contributed by atoms with Crippen LogP contribution in [0.15, 0.2) is 85.7 Å². The summed E-state index contributed by atoms with van der Waals surface area (Å²) in [7, 11) is 0. The number of nitrogens with zero attached hydrogens (tertiary/aromatic N) is 1. The molecule has 0 bridgehead atoms. The van der Waals surface area contributed by atoms with Gasteiger partial charge < -0.3 is 4.74 Å². The predicted octanol–water partition coefficient (Wildman–Crippen LogP) is 4.12. The van der Waals surface area contributed by atoms with Crippen LogP contribution in [0.5, 0.6) is 0 Å². The van der Waals surface area contributed by atoms with Gasteiger partial charge in [-0.1, -0.05) is 68.8 Å². The Morgan fingerprint density at radius 1 is 1.08 bits per heavy atom. The third-order valence-corrected chi connectivity index (χ3v) is 3.39. The molecule has 0 aromatic carbocycles. The smallest absolute Gasteiger partial charge is 0.130 e. The molecule has 0 N–H and O–H groups in total. The lowest BCUT2D eigenvalue weighted by molar-refractivity contribution is 0.197. The van der Waals surface area contributed by atoms with Crippen molar-refractivity contribution >= 4 is 12.2 Å². The zero-order chi connectivity index (χ0) is 17.9. The van der Waals surface area contributed by atoms with Gasteiger partial charge in [0.1, 0.15) is 6.61 Å². The maximum atomic E-state index is 5.80. The molecule has 1 aromatic heterocycles. The first-order valence-corrected chi connectivity index (χ1v) is 7.77. The van der Waals surface area contributed by atoms with Crippen molar-refractivity contribution in [2.45, 2.75) is 20.5 Å².